The summed E-state index contributed by atoms with van der Waals surface area (Å²) in [5.41, 5.74) is 16.1. The van der Waals surface area contributed by atoms with Gasteiger partial charge in [-0.1, -0.05) is 32.0 Å². The molecule has 8 heteroatoms. The number of aromatic nitrogens is 2. The number of nitrogens with zero attached hydrogens (tertiary/aromatic N) is 2. The van der Waals surface area contributed by atoms with Gasteiger partial charge in [-0.05, 0) is 61.5 Å². The predicted octanol–water partition coefficient (Wildman–Crippen LogP) is 4.19. The molecule has 2 saturated carbocycles. The number of nitrogens with two attached hydrogens (primary N) is 2. The van der Waals surface area contributed by atoms with Gasteiger partial charge in [-0.2, -0.15) is 0 Å². The summed E-state index contributed by atoms with van der Waals surface area (Å²) >= 11 is 6.58. The van der Waals surface area contributed by atoms with Gasteiger partial charge < -0.3 is 21.4 Å². The molecule has 1 aliphatic heterocycles. The van der Waals surface area contributed by atoms with E-state index in [0.29, 0.717) is 28.4 Å². The number of fused-ring (bicyclic) bond motifs is 2. The summed E-state index contributed by atoms with van der Waals surface area (Å²) in [6.07, 6.45) is 5.69. The smallest absolute Gasteiger partial charge is 0.228 e. The fraction of sp³-hybridized carbons (Fsp3) is 0.500. The molecule has 34 heavy (non-hydrogen) atoms. The molecule has 4 atom stereocenters. The van der Waals surface area contributed by atoms with Crippen LogP contribution < -0.4 is 16.8 Å². The Kier molecular flexibility index (Phi) is 5.51. The van der Waals surface area contributed by atoms with E-state index in [9.17, 15) is 9.59 Å². The molecule has 0 spiro atoms. The van der Waals surface area contributed by atoms with E-state index >= 15 is 0 Å². The molecule has 2 aliphatic carbocycles. The molecule has 3 aliphatic rings. The van der Waals surface area contributed by atoms with Crippen molar-refractivity contribution in [3.05, 3.63) is 41.3 Å². The van der Waals surface area contributed by atoms with Crippen molar-refractivity contribution in [2.24, 2.45) is 40.6 Å². The Hall–Kier alpha value is -2.80. The number of primary amides is 1. The van der Waals surface area contributed by atoms with E-state index in [1.54, 1.807) is 6.20 Å². The van der Waals surface area contributed by atoms with Gasteiger partial charge in [0.1, 0.15) is 5.82 Å². The monoisotopic (exact) mass is 481 g/mol. The number of rotatable bonds is 5. The van der Waals surface area contributed by atoms with E-state index < -0.39 is 0 Å². The number of halogens is 1. The van der Waals surface area contributed by atoms with Crippen LogP contribution in [0.15, 0.2) is 24.9 Å². The maximum absolute atomic E-state index is 13.1. The Morgan fingerprint density at radius 1 is 1.12 bits per heavy atom. The molecule has 3 heterocycles. The first kappa shape index (κ1) is 23.0. The third-order valence-corrected chi connectivity index (χ3v) is 8.26. The van der Waals surface area contributed by atoms with E-state index in [4.69, 9.17) is 23.1 Å². The van der Waals surface area contributed by atoms with Gasteiger partial charge in [0.15, 0.2) is 0 Å². The third-order valence-electron chi connectivity index (χ3n) is 7.96. The van der Waals surface area contributed by atoms with Gasteiger partial charge in [-0.25, -0.2) is 4.98 Å². The average Bonchev–Trinajstić information content (AvgIpc) is 3.46. The fourth-order valence-electron chi connectivity index (χ4n) is 6.40. The molecule has 2 aromatic rings. The number of hydrogen-bond acceptors (Lipinski definition) is 4. The SMILES string of the molecule is C=C(N)c1cc(-c2cc(NC(=O)[C@H]3C[C@H]4C[C@@H](C(N)=O)C[C@H]4C3)ncc2Cl)c2n1CC(C)(C)C2. The highest BCUT2D eigenvalue weighted by molar-refractivity contribution is 6.33. The van der Waals surface area contributed by atoms with Gasteiger partial charge >= 0.3 is 0 Å². The van der Waals surface area contributed by atoms with E-state index in [1.807, 2.05) is 12.1 Å². The van der Waals surface area contributed by atoms with Crippen molar-refractivity contribution in [1.29, 1.82) is 0 Å². The largest absolute Gasteiger partial charge is 0.398 e. The zero-order chi connectivity index (χ0) is 24.4. The topological polar surface area (TPSA) is 116 Å². The van der Waals surface area contributed by atoms with Gasteiger partial charge in [-0.3, -0.25) is 9.59 Å². The second-order valence-corrected chi connectivity index (χ2v) is 11.5. The van der Waals surface area contributed by atoms with Gasteiger partial charge in [-0.15, -0.1) is 0 Å². The number of amides is 2. The van der Waals surface area contributed by atoms with E-state index in [2.05, 4.69) is 35.3 Å². The number of nitrogens with one attached hydrogen (secondary N) is 1. The van der Waals surface area contributed by atoms with E-state index in [1.165, 1.54) is 5.69 Å². The predicted molar refractivity (Wildman–Crippen MR) is 134 cm³/mol. The van der Waals surface area contributed by atoms with E-state index in [0.717, 1.165) is 55.5 Å². The lowest BCUT2D eigenvalue weighted by Gasteiger charge is -2.17. The quantitative estimate of drug-likeness (QED) is 0.593. The minimum absolute atomic E-state index is 0.0231. The summed E-state index contributed by atoms with van der Waals surface area (Å²) in [5.74, 6) is 0.941. The Morgan fingerprint density at radius 2 is 1.76 bits per heavy atom. The summed E-state index contributed by atoms with van der Waals surface area (Å²) in [7, 11) is 0. The molecule has 0 saturated heterocycles. The lowest BCUT2D eigenvalue weighted by molar-refractivity contribution is -0.121. The lowest BCUT2D eigenvalue weighted by atomic mass is 9.89. The summed E-state index contributed by atoms with van der Waals surface area (Å²) < 4.78 is 2.23. The Bertz CT molecular complexity index is 1190. The van der Waals surface area contributed by atoms with Crippen LogP contribution in [0.25, 0.3) is 16.8 Å². The van der Waals surface area contributed by atoms with Crippen LogP contribution in [0.3, 0.4) is 0 Å². The molecule has 0 radical (unpaired) electrons. The Balaban J connectivity index is 1.36. The van der Waals surface area contributed by atoms with Crippen molar-refractivity contribution < 1.29 is 9.59 Å². The summed E-state index contributed by atoms with van der Waals surface area (Å²) in [6.45, 7) is 9.27. The second kappa shape index (κ2) is 8.15. The molecule has 2 fully saturated rings. The van der Waals surface area contributed by atoms with Crippen LogP contribution in [0.2, 0.25) is 5.02 Å². The molecule has 5 N–H and O–H groups in total. The van der Waals surface area contributed by atoms with Crippen LogP contribution in [0.1, 0.15) is 50.9 Å². The van der Waals surface area contributed by atoms with Crippen molar-refractivity contribution in [2.45, 2.75) is 52.5 Å². The van der Waals surface area contributed by atoms with Crippen molar-refractivity contribution in [3.63, 3.8) is 0 Å². The number of carbonyl (C=O) groups excluding carboxylic acids is 2. The number of carbonyl (C=O) groups is 2. The molecule has 0 aromatic carbocycles. The molecule has 2 amide bonds. The second-order valence-electron chi connectivity index (χ2n) is 11.1. The van der Waals surface area contributed by atoms with E-state index in [-0.39, 0.29) is 29.1 Å². The maximum atomic E-state index is 13.1. The Morgan fingerprint density at radius 3 is 2.38 bits per heavy atom. The first-order chi connectivity index (χ1) is 16.0. The fourth-order valence-corrected chi connectivity index (χ4v) is 6.61. The highest BCUT2D eigenvalue weighted by atomic mass is 35.5. The highest BCUT2D eigenvalue weighted by Crippen LogP contribution is 2.49. The van der Waals surface area contributed by atoms with Crippen molar-refractivity contribution in [1.82, 2.24) is 9.55 Å². The summed E-state index contributed by atoms with van der Waals surface area (Å²) in [4.78, 5) is 28.9. The third kappa shape index (κ3) is 4.00. The minimum Gasteiger partial charge on any atom is -0.398 e. The van der Waals surface area contributed by atoms with Crippen LogP contribution in [0.4, 0.5) is 5.82 Å². The summed E-state index contributed by atoms with van der Waals surface area (Å²) in [5, 5.41) is 3.53. The zero-order valence-electron chi connectivity index (χ0n) is 19.7. The number of anilines is 1. The Labute approximate surface area is 204 Å². The molecule has 2 aromatic heterocycles. The van der Waals surface area contributed by atoms with Crippen LogP contribution >= 0.6 is 11.6 Å². The number of pyridine rings is 1. The van der Waals surface area contributed by atoms with Crippen molar-refractivity contribution in [2.75, 3.05) is 5.32 Å². The van der Waals surface area contributed by atoms with Crippen LogP contribution in [0.5, 0.6) is 0 Å². The molecule has 0 unspecified atom stereocenters. The van der Waals surface area contributed by atoms with Crippen LogP contribution in [-0.2, 0) is 22.6 Å². The standard InChI is InChI=1S/C26H32ClN5O2/c1-13(28)21-8-19(22-10-26(2,3)12-32(21)22)18-9-23(30-11-20(18)27)31-25(34)17-6-14-4-16(24(29)33)5-15(14)7-17/h8-9,11,14-17H,1,4-7,10,12,28H2,2-3H3,(H2,29,33)(H,30,31,34)/t14-,15+,16-,17+. The number of hydrogen-bond donors (Lipinski definition) is 3. The van der Waals surface area contributed by atoms with Crippen molar-refractivity contribution in [3.8, 4) is 11.1 Å². The van der Waals surface area contributed by atoms with Crippen LogP contribution in [0, 0.1) is 29.1 Å². The van der Waals surface area contributed by atoms with Gasteiger partial charge in [0, 0.05) is 47.1 Å². The first-order valence-corrected chi connectivity index (χ1v) is 12.3. The molecular formula is C26H32ClN5O2. The van der Waals surface area contributed by atoms with Gasteiger partial charge in [0.2, 0.25) is 11.8 Å². The molecule has 0 bridgehead atoms. The molecular weight excluding hydrogens is 450 g/mol. The van der Waals surface area contributed by atoms with Crippen LogP contribution in [-0.4, -0.2) is 21.4 Å². The normalized spacial score (nSPS) is 26.8. The maximum Gasteiger partial charge on any atom is 0.228 e. The zero-order valence-corrected chi connectivity index (χ0v) is 20.5. The lowest BCUT2D eigenvalue weighted by Crippen LogP contribution is -2.24. The minimum atomic E-state index is -0.213. The van der Waals surface area contributed by atoms with Gasteiger partial charge in [0.25, 0.3) is 0 Å². The molecule has 5 rings (SSSR count). The highest BCUT2D eigenvalue weighted by Gasteiger charge is 2.45. The van der Waals surface area contributed by atoms with Crippen molar-refractivity contribution >= 4 is 34.9 Å². The first-order valence-electron chi connectivity index (χ1n) is 12.0. The average molecular weight is 482 g/mol. The summed E-state index contributed by atoms with van der Waals surface area (Å²) in [6, 6.07) is 3.89. The molecule has 180 valence electrons. The molecule has 7 nitrogen and oxygen atoms in total. The van der Waals surface area contributed by atoms with Gasteiger partial charge in [0.05, 0.1) is 10.7 Å².